The number of nitrogens with one attached hydrogen (secondary N) is 1. The number of rotatable bonds is 5. The van der Waals surface area contributed by atoms with E-state index in [1.807, 2.05) is 7.05 Å². The van der Waals surface area contributed by atoms with Crippen LogP contribution in [0.3, 0.4) is 0 Å². The summed E-state index contributed by atoms with van der Waals surface area (Å²) in [5, 5.41) is 3.12. The third-order valence-corrected chi connectivity index (χ3v) is 2.61. The van der Waals surface area contributed by atoms with E-state index in [9.17, 15) is 0 Å². The molecule has 1 N–H and O–H groups in total. The van der Waals surface area contributed by atoms with Crippen molar-refractivity contribution in [2.45, 2.75) is 11.4 Å². The second-order valence-electron chi connectivity index (χ2n) is 2.73. The van der Waals surface area contributed by atoms with E-state index in [-0.39, 0.29) is 0 Å². The second-order valence-corrected chi connectivity index (χ2v) is 3.72. The summed E-state index contributed by atoms with van der Waals surface area (Å²) in [7, 11) is 3.66. The Morgan fingerprint density at radius 1 is 1.31 bits per heavy atom. The molecule has 0 radical (unpaired) electrons. The minimum absolute atomic E-state index is 0.714. The maximum Gasteiger partial charge on any atom is 0.0963 e. The molecule has 2 nitrogen and oxygen atoms in total. The normalized spacial score (nSPS) is 10.3. The van der Waals surface area contributed by atoms with Crippen LogP contribution < -0.4 is 5.32 Å². The van der Waals surface area contributed by atoms with Gasteiger partial charge in [-0.05, 0) is 24.7 Å². The molecule has 0 unspecified atom stereocenters. The SMILES string of the molecule is CNCc1ccc(SCOC)cc1. The predicted molar refractivity (Wildman–Crippen MR) is 56.9 cm³/mol. The molecular formula is C10H15NOS. The molecule has 0 bridgehead atoms. The first-order valence-electron chi connectivity index (χ1n) is 4.22. The van der Waals surface area contributed by atoms with Crippen molar-refractivity contribution in [2.75, 3.05) is 20.1 Å². The Bertz CT molecular complexity index is 235. The minimum atomic E-state index is 0.714. The van der Waals surface area contributed by atoms with Crippen LogP contribution in [0.1, 0.15) is 5.56 Å². The average molecular weight is 197 g/mol. The van der Waals surface area contributed by atoms with Gasteiger partial charge in [-0.1, -0.05) is 23.9 Å². The Morgan fingerprint density at radius 3 is 2.54 bits per heavy atom. The molecule has 13 heavy (non-hydrogen) atoms. The highest BCUT2D eigenvalue weighted by Gasteiger charge is 1.93. The zero-order valence-electron chi connectivity index (χ0n) is 8.04. The number of methoxy groups -OCH3 is 1. The summed E-state index contributed by atoms with van der Waals surface area (Å²) in [6, 6.07) is 8.51. The van der Waals surface area contributed by atoms with Gasteiger partial charge in [-0.25, -0.2) is 0 Å². The Labute approximate surface area is 83.7 Å². The Hall–Kier alpha value is -0.510. The number of thioether (sulfide) groups is 1. The highest BCUT2D eigenvalue weighted by Crippen LogP contribution is 2.17. The van der Waals surface area contributed by atoms with Crippen LogP contribution >= 0.6 is 11.8 Å². The van der Waals surface area contributed by atoms with Crippen molar-refractivity contribution in [3.8, 4) is 0 Å². The van der Waals surface area contributed by atoms with Gasteiger partial charge in [0, 0.05) is 18.6 Å². The lowest BCUT2D eigenvalue weighted by Gasteiger charge is -2.02. The fourth-order valence-corrected chi connectivity index (χ4v) is 1.62. The molecule has 0 saturated heterocycles. The third kappa shape index (κ3) is 3.81. The summed E-state index contributed by atoms with van der Waals surface area (Å²) in [6.45, 7) is 0.926. The molecule has 1 aromatic rings. The van der Waals surface area contributed by atoms with Crippen LogP contribution in [0.15, 0.2) is 29.2 Å². The number of hydrogen-bond acceptors (Lipinski definition) is 3. The van der Waals surface area contributed by atoms with E-state index in [2.05, 4.69) is 29.6 Å². The molecular weight excluding hydrogens is 182 g/mol. The first-order chi connectivity index (χ1) is 6.36. The summed E-state index contributed by atoms with van der Waals surface area (Å²) >= 11 is 1.70. The van der Waals surface area contributed by atoms with Gasteiger partial charge in [0.05, 0.1) is 5.94 Å². The van der Waals surface area contributed by atoms with Crippen molar-refractivity contribution in [1.82, 2.24) is 5.32 Å². The van der Waals surface area contributed by atoms with Crippen LogP contribution in [-0.4, -0.2) is 20.1 Å². The maximum atomic E-state index is 4.97. The molecule has 0 spiro atoms. The van der Waals surface area contributed by atoms with Gasteiger partial charge < -0.3 is 10.1 Å². The third-order valence-electron chi connectivity index (χ3n) is 1.65. The fourth-order valence-electron chi connectivity index (χ4n) is 1.03. The summed E-state index contributed by atoms with van der Waals surface area (Å²) < 4.78 is 4.97. The van der Waals surface area contributed by atoms with E-state index in [0.29, 0.717) is 5.94 Å². The maximum absolute atomic E-state index is 4.97. The van der Waals surface area contributed by atoms with Crippen LogP contribution in [0, 0.1) is 0 Å². The van der Waals surface area contributed by atoms with Crippen LogP contribution in [0.2, 0.25) is 0 Å². The Balaban J connectivity index is 2.48. The van der Waals surface area contributed by atoms with Crippen molar-refractivity contribution in [3.05, 3.63) is 29.8 Å². The standard InChI is InChI=1S/C10H15NOS/c1-11-7-9-3-5-10(6-4-9)13-8-12-2/h3-6,11H,7-8H2,1-2H3. The molecule has 0 fully saturated rings. The van der Waals surface area contributed by atoms with Gasteiger partial charge >= 0.3 is 0 Å². The zero-order valence-corrected chi connectivity index (χ0v) is 8.86. The minimum Gasteiger partial charge on any atom is -0.374 e. The van der Waals surface area contributed by atoms with E-state index >= 15 is 0 Å². The van der Waals surface area contributed by atoms with Gasteiger partial charge in [-0.15, -0.1) is 0 Å². The number of ether oxygens (including phenoxy) is 1. The lowest BCUT2D eigenvalue weighted by molar-refractivity contribution is 0.259. The topological polar surface area (TPSA) is 21.3 Å². The van der Waals surface area contributed by atoms with Gasteiger partial charge in [-0.2, -0.15) is 0 Å². The number of benzene rings is 1. The van der Waals surface area contributed by atoms with Crippen LogP contribution in [0.4, 0.5) is 0 Å². The highest BCUT2D eigenvalue weighted by molar-refractivity contribution is 7.99. The van der Waals surface area contributed by atoms with Gasteiger partial charge in [0.1, 0.15) is 0 Å². The van der Waals surface area contributed by atoms with Crippen molar-refractivity contribution in [3.63, 3.8) is 0 Å². The summed E-state index contributed by atoms with van der Waals surface area (Å²) in [5.74, 6) is 0.714. The van der Waals surface area contributed by atoms with Crippen molar-refractivity contribution < 1.29 is 4.74 Å². The molecule has 0 heterocycles. The fraction of sp³-hybridized carbons (Fsp3) is 0.400. The van der Waals surface area contributed by atoms with E-state index in [1.54, 1.807) is 18.9 Å². The van der Waals surface area contributed by atoms with Gasteiger partial charge in [-0.3, -0.25) is 0 Å². The zero-order chi connectivity index (χ0) is 9.52. The predicted octanol–water partition coefficient (Wildman–Crippen LogP) is 2.10. The monoisotopic (exact) mass is 197 g/mol. The molecule has 0 aliphatic heterocycles. The van der Waals surface area contributed by atoms with E-state index in [4.69, 9.17) is 4.74 Å². The first-order valence-corrected chi connectivity index (χ1v) is 5.20. The second kappa shape index (κ2) is 6.02. The summed E-state index contributed by atoms with van der Waals surface area (Å²) in [5.41, 5.74) is 1.31. The van der Waals surface area contributed by atoms with Crippen molar-refractivity contribution >= 4 is 11.8 Å². The Kier molecular flexibility index (Phi) is 4.90. The molecule has 0 aromatic heterocycles. The molecule has 0 aliphatic rings. The smallest absolute Gasteiger partial charge is 0.0963 e. The molecule has 1 aromatic carbocycles. The molecule has 1 rings (SSSR count). The molecule has 3 heteroatoms. The van der Waals surface area contributed by atoms with Crippen LogP contribution in [0.5, 0.6) is 0 Å². The highest BCUT2D eigenvalue weighted by atomic mass is 32.2. The van der Waals surface area contributed by atoms with Crippen LogP contribution in [-0.2, 0) is 11.3 Å². The quantitative estimate of drug-likeness (QED) is 0.577. The van der Waals surface area contributed by atoms with Gasteiger partial charge in [0.2, 0.25) is 0 Å². The van der Waals surface area contributed by atoms with E-state index in [0.717, 1.165) is 6.54 Å². The molecule has 0 aliphatic carbocycles. The summed E-state index contributed by atoms with van der Waals surface area (Å²) in [4.78, 5) is 1.25. The van der Waals surface area contributed by atoms with Crippen LogP contribution in [0.25, 0.3) is 0 Å². The molecule has 0 amide bonds. The first kappa shape index (κ1) is 10.6. The van der Waals surface area contributed by atoms with E-state index in [1.165, 1.54) is 10.5 Å². The Morgan fingerprint density at radius 2 is 2.00 bits per heavy atom. The number of hydrogen-bond donors (Lipinski definition) is 1. The molecule has 0 saturated carbocycles. The van der Waals surface area contributed by atoms with Crippen molar-refractivity contribution in [1.29, 1.82) is 0 Å². The van der Waals surface area contributed by atoms with Gasteiger partial charge in [0.15, 0.2) is 0 Å². The van der Waals surface area contributed by atoms with Crippen molar-refractivity contribution in [2.24, 2.45) is 0 Å². The van der Waals surface area contributed by atoms with E-state index < -0.39 is 0 Å². The molecule has 0 atom stereocenters. The lowest BCUT2D eigenvalue weighted by atomic mass is 10.2. The lowest BCUT2D eigenvalue weighted by Crippen LogP contribution is -2.04. The average Bonchev–Trinajstić information content (AvgIpc) is 2.17. The molecule has 72 valence electrons. The van der Waals surface area contributed by atoms with Gasteiger partial charge in [0.25, 0.3) is 0 Å². The largest absolute Gasteiger partial charge is 0.374 e. The summed E-state index contributed by atoms with van der Waals surface area (Å²) in [6.07, 6.45) is 0.